The van der Waals surface area contributed by atoms with Gasteiger partial charge in [0, 0.05) is 25.4 Å². The molecule has 0 bridgehead atoms. The summed E-state index contributed by atoms with van der Waals surface area (Å²) in [4.78, 5) is 16.6. The molecule has 2 aromatic carbocycles. The van der Waals surface area contributed by atoms with E-state index in [0.717, 1.165) is 75.1 Å². The molecule has 1 fully saturated rings. The summed E-state index contributed by atoms with van der Waals surface area (Å²) in [6.07, 6.45) is 7.26. The van der Waals surface area contributed by atoms with Gasteiger partial charge in [0.05, 0.1) is 17.6 Å². The molecule has 4 rings (SSSR count). The number of nitrogens with one attached hydrogen (secondary N) is 1. The minimum Gasteiger partial charge on any atom is -0.494 e. The second-order valence-corrected chi connectivity index (χ2v) is 8.06. The molecule has 0 aliphatic heterocycles. The lowest BCUT2D eigenvalue weighted by atomic mass is 10.2. The highest BCUT2D eigenvalue weighted by molar-refractivity contribution is 5.80. The quantitative estimate of drug-likeness (QED) is 0.443. The third kappa shape index (κ3) is 5.62. The number of para-hydroxylation sites is 3. The van der Waals surface area contributed by atoms with Gasteiger partial charge in [0.1, 0.15) is 11.6 Å². The van der Waals surface area contributed by atoms with E-state index in [-0.39, 0.29) is 5.91 Å². The van der Waals surface area contributed by atoms with Crippen LogP contribution in [0.1, 0.15) is 44.3 Å². The smallest absolute Gasteiger partial charge is 0.223 e. The Kier molecular flexibility index (Phi) is 7.01. The molecule has 1 saturated carbocycles. The molecule has 1 amide bonds. The SMILES string of the molecule is O=C(NCCCCCc1nc2ccccc2n1CCCOc1ccccc1)C1CC1. The predicted octanol–water partition coefficient (Wildman–Crippen LogP) is 4.74. The second kappa shape index (κ2) is 10.3. The Morgan fingerprint density at radius 3 is 2.63 bits per heavy atom. The number of carbonyl (C=O) groups excluding carboxylic acids is 1. The minimum absolute atomic E-state index is 0.245. The van der Waals surface area contributed by atoms with Crippen LogP contribution in [-0.2, 0) is 17.8 Å². The number of benzene rings is 2. The molecular formula is C25H31N3O2. The van der Waals surface area contributed by atoms with Crippen molar-refractivity contribution in [3.05, 3.63) is 60.4 Å². The number of amides is 1. The Balaban J connectivity index is 1.26. The molecular weight excluding hydrogens is 374 g/mol. The largest absolute Gasteiger partial charge is 0.494 e. The zero-order valence-electron chi connectivity index (χ0n) is 17.6. The molecule has 0 atom stereocenters. The normalized spacial score (nSPS) is 13.5. The van der Waals surface area contributed by atoms with E-state index >= 15 is 0 Å². The first-order valence-corrected chi connectivity index (χ1v) is 11.2. The third-order valence-corrected chi connectivity index (χ3v) is 5.60. The van der Waals surface area contributed by atoms with Crippen LogP contribution >= 0.6 is 0 Å². The van der Waals surface area contributed by atoms with Crippen LogP contribution in [0.5, 0.6) is 5.75 Å². The molecule has 30 heavy (non-hydrogen) atoms. The summed E-state index contributed by atoms with van der Waals surface area (Å²) in [7, 11) is 0. The van der Waals surface area contributed by atoms with Gasteiger partial charge in [-0.15, -0.1) is 0 Å². The Bertz CT molecular complexity index is 947. The number of fused-ring (bicyclic) bond motifs is 1. The number of imidazole rings is 1. The van der Waals surface area contributed by atoms with Crippen molar-refractivity contribution >= 4 is 16.9 Å². The Morgan fingerprint density at radius 1 is 1.00 bits per heavy atom. The van der Waals surface area contributed by atoms with E-state index in [4.69, 9.17) is 9.72 Å². The summed E-state index contributed by atoms with van der Waals surface area (Å²) >= 11 is 0. The Labute approximate surface area is 178 Å². The van der Waals surface area contributed by atoms with Crippen LogP contribution in [0.3, 0.4) is 0 Å². The monoisotopic (exact) mass is 405 g/mol. The first kappa shape index (κ1) is 20.5. The predicted molar refractivity (Wildman–Crippen MR) is 120 cm³/mol. The number of aryl methyl sites for hydroxylation is 2. The lowest BCUT2D eigenvalue weighted by Gasteiger charge is -2.11. The van der Waals surface area contributed by atoms with Gasteiger partial charge in [0.15, 0.2) is 0 Å². The van der Waals surface area contributed by atoms with Crippen LogP contribution in [0.25, 0.3) is 11.0 Å². The van der Waals surface area contributed by atoms with Crippen LogP contribution in [0, 0.1) is 5.92 Å². The number of aromatic nitrogens is 2. The van der Waals surface area contributed by atoms with Crippen LogP contribution in [0.4, 0.5) is 0 Å². The molecule has 1 aliphatic rings. The van der Waals surface area contributed by atoms with E-state index in [1.807, 2.05) is 36.4 Å². The van der Waals surface area contributed by atoms with E-state index in [1.54, 1.807) is 0 Å². The van der Waals surface area contributed by atoms with Crippen molar-refractivity contribution < 1.29 is 9.53 Å². The summed E-state index contributed by atoms with van der Waals surface area (Å²) in [5.74, 6) is 2.62. The molecule has 1 heterocycles. The minimum atomic E-state index is 0.245. The number of ether oxygens (including phenoxy) is 1. The van der Waals surface area contributed by atoms with Gasteiger partial charge in [0.2, 0.25) is 5.91 Å². The maximum atomic E-state index is 11.7. The highest BCUT2D eigenvalue weighted by Crippen LogP contribution is 2.28. The highest BCUT2D eigenvalue weighted by Gasteiger charge is 2.28. The Morgan fingerprint density at radius 2 is 1.80 bits per heavy atom. The van der Waals surface area contributed by atoms with E-state index in [1.165, 1.54) is 5.52 Å². The number of hydrogen-bond acceptors (Lipinski definition) is 3. The van der Waals surface area contributed by atoms with Crippen molar-refractivity contribution in [2.75, 3.05) is 13.2 Å². The van der Waals surface area contributed by atoms with E-state index in [9.17, 15) is 4.79 Å². The lowest BCUT2D eigenvalue weighted by Crippen LogP contribution is -2.25. The van der Waals surface area contributed by atoms with Crippen LogP contribution in [0.15, 0.2) is 54.6 Å². The van der Waals surface area contributed by atoms with Gasteiger partial charge in [-0.1, -0.05) is 36.8 Å². The molecule has 1 N–H and O–H groups in total. The molecule has 0 spiro atoms. The summed E-state index contributed by atoms with van der Waals surface area (Å²) in [6.45, 7) is 2.39. The number of rotatable bonds is 12. The van der Waals surface area contributed by atoms with E-state index < -0.39 is 0 Å². The van der Waals surface area contributed by atoms with Gasteiger partial charge in [-0.25, -0.2) is 4.98 Å². The summed E-state index contributed by atoms with van der Waals surface area (Å²) in [5, 5.41) is 3.05. The Hall–Kier alpha value is -2.82. The van der Waals surface area contributed by atoms with Crippen molar-refractivity contribution in [1.29, 1.82) is 0 Å². The number of unbranched alkanes of at least 4 members (excludes halogenated alkanes) is 2. The average molecular weight is 406 g/mol. The fourth-order valence-corrected chi connectivity index (χ4v) is 3.78. The molecule has 5 nitrogen and oxygen atoms in total. The van der Waals surface area contributed by atoms with Gasteiger partial charge in [-0.05, 0) is 56.4 Å². The van der Waals surface area contributed by atoms with Gasteiger partial charge in [0.25, 0.3) is 0 Å². The molecule has 1 aromatic heterocycles. The van der Waals surface area contributed by atoms with Gasteiger partial charge < -0.3 is 14.6 Å². The van der Waals surface area contributed by atoms with Crippen molar-refractivity contribution in [2.45, 2.75) is 51.5 Å². The summed E-state index contributed by atoms with van der Waals surface area (Å²) < 4.78 is 8.20. The fourth-order valence-electron chi connectivity index (χ4n) is 3.78. The fraction of sp³-hybridized carbons (Fsp3) is 0.440. The first-order valence-electron chi connectivity index (χ1n) is 11.2. The van der Waals surface area contributed by atoms with Crippen LogP contribution in [-0.4, -0.2) is 28.6 Å². The van der Waals surface area contributed by atoms with Crippen LogP contribution < -0.4 is 10.1 Å². The number of carbonyl (C=O) groups is 1. The molecule has 5 heteroatoms. The van der Waals surface area contributed by atoms with E-state index in [0.29, 0.717) is 12.5 Å². The zero-order valence-corrected chi connectivity index (χ0v) is 17.6. The molecule has 0 unspecified atom stereocenters. The van der Waals surface area contributed by atoms with Crippen LogP contribution in [0.2, 0.25) is 0 Å². The molecule has 158 valence electrons. The van der Waals surface area contributed by atoms with E-state index in [2.05, 4.69) is 28.1 Å². The van der Waals surface area contributed by atoms with Crippen molar-refractivity contribution in [1.82, 2.24) is 14.9 Å². The zero-order chi connectivity index (χ0) is 20.6. The van der Waals surface area contributed by atoms with Crippen molar-refractivity contribution in [3.63, 3.8) is 0 Å². The van der Waals surface area contributed by atoms with Crippen molar-refractivity contribution in [2.24, 2.45) is 5.92 Å². The third-order valence-electron chi connectivity index (χ3n) is 5.60. The molecule has 3 aromatic rings. The van der Waals surface area contributed by atoms with Gasteiger partial charge in [-0.3, -0.25) is 4.79 Å². The second-order valence-electron chi connectivity index (χ2n) is 8.06. The maximum absolute atomic E-state index is 11.7. The lowest BCUT2D eigenvalue weighted by molar-refractivity contribution is -0.122. The average Bonchev–Trinajstić information content (AvgIpc) is 3.57. The standard InChI is InChI=1S/C25H31N3O2/c29-25(20-15-16-20)26-17-8-2-5-14-24-27-22-12-6-7-13-23(22)28(24)18-9-19-30-21-10-3-1-4-11-21/h1,3-4,6-7,10-13,20H,2,5,8-9,14-19H2,(H,26,29). The summed E-state index contributed by atoms with van der Waals surface area (Å²) in [5.41, 5.74) is 2.26. The first-order chi connectivity index (χ1) is 14.8. The van der Waals surface area contributed by atoms with Gasteiger partial charge in [-0.2, -0.15) is 0 Å². The topological polar surface area (TPSA) is 56.2 Å². The number of nitrogens with zero attached hydrogens (tertiary/aromatic N) is 2. The maximum Gasteiger partial charge on any atom is 0.223 e. The molecule has 0 radical (unpaired) electrons. The van der Waals surface area contributed by atoms with Gasteiger partial charge >= 0.3 is 0 Å². The molecule has 1 aliphatic carbocycles. The number of hydrogen-bond donors (Lipinski definition) is 1. The van der Waals surface area contributed by atoms with Crippen molar-refractivity contribution in [3.8, 4) is 5.75 Å². The molecule has 0 saturated heterocycles. The summed E-state index contributed by atoms with van der Waals surface area (Å²) in [6, 6.07) is 18.3. The highest BCUT2D eigenvalue weighted by atomic mass is 16.5.